The number of aryl methyl sites for hydroxylation is 1. The first kappa shape index (κ1) is 7.44. The predicted molar refractivity (Wildman–Crippen MR) is 55.8 cm³/mol. The molecule has 2 heterocycles. The molecule has 3 heteroatoms. The van der Waals surface area contributed by atoms with Crippen LogP contribution in [0.25, 0.3) is 11.0 Å². The Balaban J connectivity index is 2.42. The molecule has 0 unspecified atom stereocenters. The molecule has 0 saturated carbocycles. The molecule has 1 aromatic heterocycles. The van der Waals surface area contributed by atoms with Crippen LogP contribution in [0.4, 0.5) is 0 Å². The van der Waals surface area contributed by atoms with E-state index in [0.717, 1.165) is 17.3 Å². The van der Waals surface area contributed by atoms with Crippen molar-refractivity contribution >= 4 is 22.8 Å². The van der Waals surface area contributed by atoms with Gasteiger partial charge in [0.2, 0.25) is 0 Å². The van der Waals surface area contributed by atoms with Crippen LogP contribution in [0.5, 0.6) is 0 Å². The summed E-state index contributed by atoms with van der Waals surface area (Å²) in [7, 11) is 0. The SMILES string of the molecule is Cc1nc2c3c(ccc2[nH]1)CSC3. The van der Waals surface area contributed by atoms with Crippen LogP contribution in [-0.4, -0.2) is 9.97 Å². The van der Waals surface area contributed by atoms with E-state index in [1.165, 1.54) is 22.2 Å². The fourth-order valence-electron chi connectivity index (χ4n) is 1.86. The minimum absolute atomic E-state index is 1.01. The van der Waals surface area contributed by atoms with Gasteiger partial charge in [0.25, 0.3) is 0 Å². The number of imidazole rings is 1. The minimum Gasteiger partial charge on any atom is -0.342 e. The summed E-state index contributed by atoms with van der Waals surface area (Å²) >= 11 is 1.97. The van der Waals surface area contributed by atoms with Crippen molar-refractivity contribution in [2.45, 2.75) is 18.4 Å². The summed E-state index contributed by atoms with van der Waals surface area (Å²) in [6.45, 7) is 2.01. The standard InChI is InChI=1S/C10H10N2S/c1-6-11-9-3-2-7-4-13-5-8(7)10(9)12-6/h2-3H,4-5H2,1H3,(H,11,12). The molecule has 0 bridgehead atoms. The van der Waals surface area contributed by atoms with Crippen molar-refractivity contribution in [1.82, 2.24) is 9.97 Å². The molecule has 1 aromatic carbocycles. The number of nitrogens with zero attached hydrogens (tertiary/aromatic N) is 1. The zero-order valence-corrected chi connectivity index (χ0v) is 8.24. The van der Waals surface area contributed by atoms with Gasteiger partial charge in [0.15, 0.2) is 0 Å². The van der Waals surface area contributed by atoms with Gasteiger partial charge in [-0.15, -0.1) is 0 Å². The van der Waals surface area contributed by atoms with E-state index < -0.39 is 0 Å². The Morgan fingerprint density at radius 2 is 2.31 bits per heavy atom. The number of rotatable bonds is 0. The number of nitrogens with one attached hydrogen (secondary N) is 1. The molecule has 1 aliphatic heterocycles. The van der Waals surface area contributed by atoms with Crippen molar-refractivity contribution in [3.63, 3.8) is 0 Å². The van der Waals surface area contributed by atoms with Gasteiger partial charge < -0.3 is 4.98 Å². The zero-order valence-electron chi connectivity index (χ0n) is 7.42. The molecule has 0 radical (unpaired) electrons. The number of thioether (sulfide) groups is 1. The van der Waals surface area contributed by atoms with Gasteiger partial charge >= 0.3 is 0 Å². The van der Waals surface area contributed by atoms with Crippen LogP contribution < -0.4 is 0 Å². The molecule has 2 aromatic rings. The molecule has 1 aliphatic rings. The third kappa shape index (κ3) is 1.000. The second-order valence-electron chi connectivity index (χ2n) is 3.41. The first-order valence-corrected chi connectivity index (χ1v) is 5.55. The summed E-state index contributed by atoms with van der Waals surface area (Å²) in [6.07, 6.45) is 0. The Morgan fingerprint density at radius 1 is 1.38 bits per heavy atom. The van der Waals surface area contributed by atoms with E-state index >= 15 is 0 Å². The van der Waals surface area contributed by atoms with Crippen LogP contribution in [0.3, 0.4) is 0 Å². The van der Waals surface area contributed by atoms with Crippen molar-refractivity contribution in [2.75, 3.05) is 0 Å². The van der Waals surface area contributed by atoms with Crippen molar-refractivity contribution in [3.8, 4) is 0 Å². The van der Waals surface area contributed by atoms with Crippen molar-refractivity contribution in [2.24, 2.45) is 0 Å². The Morgan fingerprint density at radius 3 is 3.23 bits per heavy atom. The van der Waals surface area contributed by atoms with Crippen LogP contribution in [0, 0.1) is 6.92 Å². The lowest BCUT2D eigenvalue weighted by Crippen LogP contribution is -1.83. The van der Waals surface area contributed by atoms with E-state index in [9.17, 15) is 0 Å². The number of aromatic amines is 1. The van der Waals surface area contributed by atoms with Crippen LogP contribution >= 0.6 is 11.8 Å². The van der Waals surface area contributed by atoms with Gasteiger partial charge in [0.1, 0.15) is 5.82 Å². The molecular weight excluding hydrogens is 180 g/mol. The van der Waals surface area contributed by atoms with Crippen LogP contribution in [0.1, 0.15) is 17.0 Å². The number of fused-ring (bicyclic) bond motifs is 3. The third-order valence-corrected chi connectivity index (χ3v) is 3.49. The molecule has 2 nitrogen and oxygen atoms in total. The fourth-order valence-corrected chi connectivity index (χ4v) is 2.98. The van der Waals surface area contributed by atoms with Gasteiger partial charge in [-0.2, -0.15) is 11.8 Å². The van der Waals surface area contributed by atoms with Gasteiger partial charge in [-0.25, -0.2) is 4.98 Å². The second kappa shape index (κ2) is 2.51. The van der Waals surface area contributed by atoms with Crippen LogP contribution in [0.2, 0.25) is 0 Å². The molecule has 13 heavy (non-hydrogen) atoms. The first-order valence-electron chi connectivity index (χ1n) is 4.39. The molecule has 0 spiro atoms. The molecule has 3 rings (SSSR count). The van der Waals surface area contributed by atoms with E-state index in [-0.39, 0.29) is 0 Å². The molecule has 0 saturated heterocycles. The number of aromatic nitrogens is 2. The second-order valence-corrected chi connectivity index (χ2v) is 4.40. The topological polar surface area (TPSA) is 28.7 Å². The highest BCUT2D eigenvalue weighted by Gasteiger charge is 2.15. The van der Waals surface area contributed by atoms with Crippen molar-refractivity contribution < 1.29 is 0 Å². The quantitative estimate of drug-likeness (QED) is 0.691. The highest BCUT2D eigenvalue weighted by atomic mass is 32.2. The molecule has 66 valence electrons. The lowest BCUT2D eigenvalue weighted by Gasteiger charge is -1.96. The fraction of sp³-hybridized carbons (Fsp3) is 0.300. The normalized spacial score (nSPS) is 15.2. The lowest BCUT2D eigenvalue weighted by molar-refractivity contribution is 1.17. The van der Waals surface area contributed by atoms with Crippen molar-refractivity contribution in [3.05, 3.63) is 29.1 Å². The zero-order chi connectivity index (χ0) is 8.84. The summed E-state index contributed by atoms with van der Waals surface area (Å²) in [4.78, 5) is 7.78. The molecule has 0 fully saturated rings. The largest absolute Gasteiger partial charge is 0.342 e. The van der Waals surface area contributed by atoms with Gasteiger partial charge in [0, 0.05) is 11.5 Å². The minimum atomic E-state index is 1.01. The van der Waals surface area contributed by atoms with E-state index in [2.05, 4.69) is 22.1 Å². The van der Waals surface area contributed by atoms with Gasteiger partial charge in [-0.1, -0.05) is 6.07 Å². The molecule has 1 N–H and O–H groups in total. The maximum Gasteiger partial charge on any atom is 0.104 e. The predicted octanol–water partition coefficient (Wildman–Crippen LogP) is 2.62. The highest BCUT2D eigenvalue weighted by Crippen LogP contribution is 2.33. The summed E-state index contributed by atoms with van der Waals surface area (Å²) in [5.74, 6) is 3.29. The number of hydrogen-bond acceptors (Lipinski definition) is 2. The average molecular weight is 190 g/mol. The Bertz CT molecular complexity index is 473. The molecule has 0 atom stereocenters. The first-order chi connectivity index (χ1) is 6.34. The third-order valence-electron chi connectivity index (χ3n) is 2.48. The number of hydrogen-bond donors (Lipinski definition) is 1. The maximum atomic E-state index is 4.52. The summed E-state index contributed by atoms with van der Waals surface area (Å²) < 4.78 is 0. The molecule has 0 amide bonds. The van der Waals surface area contributed by atoms with Gasteiger partial charge in [-0.05, 0) is 24.1 Å². The summed E-state index contributed by atoms with van der Waals surface area (Å²) in [5, 5.41) is 0. The van der Waals surface area contributed by atoms with Gasteiger partial charge in [0.05, 0.1) is 11.0 Å². The van der Waals surface area contributed by atoms with E-state index in [1.54, 1.807) is 0 Å². The lowest BCUT2D eigenvalue weighted by atomic mass is 10.1. The van der Waals surface area contributed by atoms with Crippen LogP contribution in [-0.2, 0) is 11.5 Å². The molecular formula is C10H10N2S. The summed E-state index contributed by atoms with van der Waals surface area (Å²) in [5.41, 5.74) is 5.26. The Labute approximate surface area is 80.8 Å². The summed E-state index contributed by atoms with van der Waals surface area (Å²) in [6, 6.07) is 4.36. The Hall–Kier alpha value is -0.960. The Kier molecular flexibility index (Phi) is 1.44. The van der Waals surface area contributed by atoms with E-state index in [0.29, 0.717) is 0 Å². The maximum absolute atomic E-state index is 4.52. The average Bonchev–Trinajstić information content (AvgIpc) is 2.65. The monoisotopic (exact) mass is 190 g/mol. The van der Waals surface area contributed by atoms with Crippen LogP contribution in [0.15, 0.2) is 12.1 Å². The number of benzene rings is 1. The van der Waals surface area contributed by atoms with E-state index in [4.69, 9.17) is 0 Å². The van der Waals surface area contributed by atoms with Crippen molar-refractivity contribution in [1.29, 1.82) is 0 Å². The number of H-pyrrole nitrogens is 1. The highest BCUT2D eigenvalue weighted by molar-refractivity contribution is 7.98. The van der Waals surface area contributed by atoms with Gasteiger partial charge in [-0.3, -0.25) is 0 Å². The van der Waals surface area contributed by atoms with E-state index in [1.807, 2.05) is 18.7 Å². The smallest absolute Gasteiger partial charge is 0.104 e. The molecule has 0 aliphatic carbocycles.